The van der Waals surface area contributed by atoms with Gasteiger partial charge in [0.2, 0.25) is 0 Å². The summed E-state index contributed by atoms with van der Waals surface area (Å²) >= 11 is 3.33. The molecule has 0 N–H and O–H groups in total. The van der Waals surface area contributed by atoms with Crippen LogP contribution in [-0.4, -0.2) is 13.1 Å². The minimum atomic E-state index is -0.326. The molecule has 0 radical (unpaired) electrons. The standard InChI is InChI=1S/C12H11BrO2/c1-3-11(13)8-9-4-6-10(7-5-9)12(14)15-2/h3-8H,1H2,2H3/b11-8-. The van der Waals surface area contributed by atoms with E-state index in [1.165, 1.54) is 7.11 Å². The van der Waals surface area contributed by atoms with Crippen LogP contribution >= 0.6 is 15.9 Å². The third-order valence-electron chi connectivity index (χ3n) is 1.83. The van der Waals surface area contributed by atoms with E-state index in [0.29, 0.717) is 5.56 Å². The topological polar surface area (TPSA) is 26.3 Å². The fourth-order valence-electron chi connectivity index (χ4n) is 1.05. The first-order valence-corrected chi connectivity index (χ1v) is 5.14. The first kappa shape index (κ1) is 11.7. The largest absolute Gasteiger partial charge is 0.465 e. The number of allylic oxidation sites excluding steroid dienone is 2. The minimum Gasteiger partial charge on any atom is -0.465 e. The summed E-state index contributed by atoms with van der Waals surface area (Å²) in [6.07, 6.45) is 3.61. The maximum atomic E-state index is 11.1. The van der Waals surface area contributed by atoms with Gasteiger partial charge in [0.15, 0.2) is 0 Å². The van der Waals surface area contributed by atoms with Crippen LogP contribution in [0, 0.1) is 0 Å². The lowest BCUT2D eigenvalue weighted by atomic mass is 10.1. The highest BCUT2D eigenvalue weighted by molar-refractivity contribution is 9.12. The molecule has 3 heteroatoms. The smallest absolute Gasteiger partial charge is 0.337 e. The molecule has 0 aliphatic rings. The zero-order valence-electron chi connectivity index (χ0n) is 8.37. The van der Waals surface area contributed by atoms with Gasteiger partial charge in [0, 0.05) is 4.48 Å². The summed E-state index contributed by atoms with van der Waals surface area (Å²) in [6, 6.07) is 7.14. The SMILES string of the molecule is C=C/C(Br)=C/c1ccc(C(=O)OC)cc1. The number of carbonyl (C=O) groups is 1. The summed E-state index contributed by atoms with van der Waals surface area (Å²) in [7, 11) is 1.37. The predicted octanol–water partition coefficient (Wildman–Crippen LogP) is 3.40. The van der Waals surface area contributed by atoms with Gasteiger partial charge in [-0.2, -0.15) is 0 Å². The van der Waals surface area contributed by atoms with Crippen molar-refractivity contribution in [2.24, 2.45) is 0 Å². The average molecular weight is 267 g/mol. The van der Waals surface area contributed by atoms with Gasteiger partial charge in [-0.25, -0.2) is 4.79 Å². The number of carbonyl (C=O) groups excluding carboxylic acids is 1. The van der Waals surface area contributed by atoms with Crippen LogP contribution in [0.5, 0.6) is 0 Å². The van der Waals surface area contributed by atoms with Crippen molar-refractivity contribution in [3.63, 3.8) is 0 Å². The van der Waals surface area contributed by atoms with E-state index in [-0.39, 0.29) is 5.97 Å². The van der Waals surface area contributed by atoms with Gasteiger partial charge in [-0.05, 0) is 23.8 Å². The molecule has 0 saturated heterocycles. The van der Waals surface area contributed by atoms with Crippen molar-refractivity contribution in [1.29, 1.82) is 0 Å². The highest BCUT2D eigenvalue weighted by Crippen LogP contribution is 2.14. The van der Waals surface area contributed by atoms with E-state index >= 15 is 0 Å². The normalized spacial score (nSPS) is 10.9. The first-order valence-electron chi connectivity index (χ1n) is 4.35. The molecule has 2 nitrogen and oxygen atoms in total. The van der Waals surface area contributed by atoms with Crippen molar-refractivity contribution in [2.75, 3.05) is 7.11 Å². The van der Waals surface area contributed by atoms with Gasteiger partial charge in [0.05, 0.1) is 12.7 Å². The van der Waals surface area contributed by atoms with E-state index in [1.807, 2.05) is 18.2 Å². The van der Waals surface area contributed by atoms with Crippen LogP contribution < -0.4 is 0 Å². The van der Waals surface area contributed by atoms with Crippen LogP contribution in [0.15, 0.2) is 41.4 Å². The number of hydrogen-bond donors (Lipinski definition) is 0. The van der Waals surface area contributed by atoms with Crippen LogP contribution in [0.1, 0.15) is 15.9 Å². The molecule has 1 aromatic rings. The molecule has 0 amide bonds. The van der Waals surface area contributed by atoms with Crippen LogP contribution in [0.2, 0.25) is 0 Å². The molecule has 0 bridgehead atoms. The molecule has 15 heavy (non-hydrogen) atoms. The maximum Gasteiger partial charge on any atom is 0.337 e. The molecule has 0 aromatic heterocycles. The van der Waals surface area contributed by atoms with Gasteiger partial charge >= 0.3 is 5.97 Å². The van der Waals surface area contributed by atoms with Crippen LogP contribution in [-0.2, 0) is 4.74 Å². The van der Waals surface area contributed by atoms with Crippen molar-refractivity contribution in [1.82, 2.24) is 0 Å². The molecule has 0 atom stereocenters. The number of esters is 1. The Hall–Kier alpha value is -1.35. The predicted molar refractivity (Wildman–Crippen MR) is 64.9 cm³/mol. The molecule has 78 valence electrons. The van der Waals surface area contributed by atoms with Crippen molar-refractivity contribution >= 4 is 28.0 Å². The summed E-state index contributed by atoms with van der Waals surface area (Å²) in [5.41, 5.74) is 1.54. The van der Waals surface area contributed by atoms with Crippen LogP contribution in [0.3, 0.4) is 0 Å². The van der Waals surface area contributed by atoms with E-state index < -0.39 is 0 Å². The lowest BCUT2D eigenvalue weighted by Gasteiger charge is -1.99. The first-order chi connectivity index (χ1) is 7.17. The zero-order chi connectivity index (χ0) is 11.3. The Kier molecular flexibility index (Phi) is 4.31. The van der Waals surface area contributed by atoms with Crippen LogP contribution in [0.4, 0.5) is 0 Å². The number of methoxy groups -OCH3 is 1. The Labute approximate surface area is 97.4 Å². The lowest BCUT2D eigenvalue weighted by Crippen LogP contribution is -2.00. The molecule has 0 spiro atoms. The molecule has 0 unspecified atom stereocenters. The average Bonchev–Trinajstić information content (AvgIpc) is 2.29. The molecule has 1 rings (SSSR count). The second-order valence-electron chi connectivity index (χ2n) is 2.85. The second-order valence-corrected chi connectivity index (χ2v) is 3.76. The number of halogens is 1. The van der Waals surface area contributed by atoms with E-state index in [2.05, 4.69) is 27.2 Å². The summed E-state index contributed by atoms with van der Waals surface area (Å²) in [4.78, 5) is 11.1. The number of benzene rings is 1. The van der Waals surface area contributed by atoms with Gasteiger partial charge in [0.25, 0.3) is 0 Å². The van der Waals surface area contributed by atoms with Gasteiger partial charge < -0.3 is 4.74 Å². The molecule has 0 saturated carbocycles. The molecular formula is C12H11BrO2. The molecule has 0 aliphatic carbocycles. The maximum absolute atomic E-state index is 11.1. The Morgan fingerprint density at radius 3 is 2.47 bits per heavy atom. The number of rotatable bonds is 3. The van der Waals surface area contributed by atoms with E-state index in [0.717, 1.165) is 10.0 Å². The van der Waals surface area contributed by atoms with E-state index in [1.54, 1.807) is 18.2 Å². The van der Waals surface area contributed by atoms with E-state index in [9.17, 15) is 4.79 Å². The van der Waals surface area contributed by atoms with Crippen molar-refractivity contribution < 1.29 is 9.53 Å². The summed E-state index contributed by atoms with van der Waals surface area (Å²) in [5, 5.41) is 0. The fourth-order valence-corrected chi connectivity index (χ4v) is 1.32. The Morgan fingerprint density at radius 2 is 2.00 bits per heavy atom. The Bertz CT molecular complexity index is 391. The van der Waals surface area contributed by atoms with Gasteiger partial charge in [-0.1, -0.05) is 40.7 Å². The van der Waals surface area contributed by atoms with Crippen molar-refractivity contribution in [3.05, 3.63) is 52.5 Å². The molecule has 0 aliphatic heterocycles. The Balaban J connectivity index is 2.90. The quantitative estimate of drug-likeness (QED) is 0.619. The van der Waals surface area contributed by atoms with Gasteiger partial charge in [0.1, 0.15) is 0 Å². The molecule has 0 heterocycles. The summed E-state index contributed by atoms with van der Waals surface area (Å²) in [6.45, 7) is 3.63. The summed E-state index contributed by atoms with van der Waals surface area (Å²) in [5.74, 6) is -0.326. The molecule has 1 aromatic carbocycles. The van der Waals surface area contributed by atoms with Gasteiger partial charge in [-0.15, -0.1) is 0 Å². The third-order valence-corrected chi connectivity index (χ3v) is 2.38. The Morgan fingerprint density at radius 1 is 1.40 bits per heavy atom. The van der Waals surface area contributed by atoms with Crippen LogP contribution in [0.25, 0.3) is 6.08 Å². The second kappa shape index (κ2) is 5.51. The molecular weight excluding hydrogens is 256 g/mol. The van der Waals surface area contributed by atoms with Crippen molar-refractivity contribution in [2.45, 2.75) is 0 Å². The highest BCUT2D eigenvalue weighted by Gasteiger charge is 2.03. The third kappa shape index (κ3) is 3.36. The number of ether oxygens (including phenoxy) is 1. The van der Waals surface area contributed by atoms with E-state index in [4.69, 9.17) is 0 Å². The fraction of sp³-hybridized carbons (Fsp3) is 0.0833. The number of hydrogen-bond acceptors (Lipinski definition) is 2. The minimum absolute atomic E-state index is 0.326. The van der Waals surface area contributed by atoms with Crippen molar-refractivity contribution in [3.8, 4) is 0 Å². The zero-order valence-corrected chi connectivity index (χ0v) is 9.95. The summed E-state index contributed by atoms with van der Waals surface area (Å²) < 4.78 is 5.50. The monoisotopic (exact) mass is 266 g/mol. The lowest BCUT2D eigenvalue weighted by molar-refractivity contribution is 0.0601. The molecule has 0 fully saturated rings. The highest BCUT2D eigenvalue weighted by atomic mass is 79.9. The van der Waals surface area contributed by atoms with Gasteiger partial charge in [-0.3, -0.25) is 0 Å².